The number of methoxy groups -OCH3 is 1. The Morgan fingerprint density at radius 1 is 1.26 bits per heavy atom. The molecule has 1 aromatic rings. The summed E-state index contributed by atoms with van der Waals surface area (Å²) in [4.78, 5) is 13.6. The highest BCUT2D eigenvalue weighted by molar-refractivity contribution is 7.92. The van der Waals surface area contributed by atoms with Gasteiger partial charge in [-0.25, -0.2) is 8.42 Å². The maximum absolute atomic E-state index is 14.0. The molecule has 1 amide bonds. The lowest BCUT2D eigenvalue weighted by atomic mass is 10.0. The second-order valence-electron chi connectivity index (χ2n) is 9.60. The Hall–Kier alpha value is -2.36. The van der Waals surface area contributed by atoms with Gasteiger partial charge in [-0.1, -0.05) is 0 Å². The average Bonchev–Trinajstić information content (AvgIpc) is 3.44. The van der Waals surface area contributed by atoms with Crippen molar-refractivity contribution in [3.05, 3.63) is 23.8 Å². The van der Waals surface area contributed by atoms with Gasteiger partial charge in [0.05, 0.1) is 39.9 Å². The van der Waals surface area contributed by atoms with Gasteiger partial charge in [-0.3, -0.25) is 4.79 Å². The fourth-order valence-electron chi connectivity index (χ4n) is 4.95. The highest BCUT2D eigenvalue weighted by Crippen LogP contribution is 2.43. The van der Waals surface area contributed by atoms with Gasteiger partial charge < -0.3 is 20.1 Å². The number of anilines is 1. The number of aliphatic hydroxyl groups is 1. The van der Waals surface area contributed by atoms with Gasteiger partial charge in [-0.2, -0.15) is 18.4 Å². The van der Waals surface area contributed by atoms with Crippen molar-refractivity contribution >= 4 is 21.4 Å². The number of hydrogen-bond acceptors (Lipinski definition) is 7. The van der Waals surface area contributed by atoms with Gasteiger partial charge >= 0.3 is 6.18 Å². The Morgan fingerprint density at radius 3 is 2.46 bits per heavy atom. The summed E-state index contributed by atoms with van der Waals surface area (Å²) in [6.07, 6.45) is -4.70. The van der Waals surface area contributed by atoms with E-state index in [2.05, 4.69) is 5.32 Å². The van der Waals surface area contributed by atoms with E-state index in [4.69, 9.17) is 4.74 Å². The van der Waals surface area contributed by atoms with E-state index in [1.165, 1.54) is 13.2 Å². The normalized spacial score (nSPS) is 26.9. The van der Waals surface area contributed by atoms with E-state index in [1.54, 1.807) is 4.90 Å². The number of sulfone groups is 1. The summed E-state index contributed by atoms with van der Waals surface area (Å²) in [6.45, 7) is 0.730. The number of nitriles is 1. The minimum absolute atomic E-state index is 0.125. The van der Waals surface area contributed by atoms with Gasteiger partial charge in [0.15, 0.2) is 9.84 Å². The largest absolute Gasteiger partial charge is 0.417 e. The first-order valence-corrected chi connectivity index (χ1v) is 13.1. The maximum atomic E-state index is 14.0. The molecule has 2 saturated carbocycles. The number of amides is 1. The van der Waals surface area contributed by atoms with Crippen molar-refractivity contribution in [2.45, 2.75) is 72.6 Å². The number of nitrogens with zero attached hydrogens (tertiary/aromatic N) is 2. The number of carbonyl (C=O) groups excluding carboxylic acids is 1. The number of benzene rings is 1. The molecule has 0 radical (unpaired) electrons. The molecule has 4 rings (SSSR count). The lowest BCUT2D eigenvalue weighted by Gasteiger charge is -2.32. The van der Waals surface area contributed by atoms with E-state index in [-0.39, 0.29) is 18.5 Å². The quantitative estimate of drug-likeness (QED) is 0.597. The summed E-state index contributed by atoms with van der Waals surface area (Å²) in [5, 5.41) is 20.3. The minimum atomic E-state index is -4.91. The molecule has 1 heterocycles. The Balaban J connectivity index is 1.61. The highest BCUT2D eigenvalue weighted by atomic mass is 32.2. The van der Waals surface area contributed by atoms with Crippen molar-refractivity contribution in [1.82, 2.24) is 5.32 Å². The molecule has 0 spiro atoms. The molecule has 3 aliphatic rings. The fraction of sp³-hybridized carbons (Fsp3) is 0.652. The monoisotopic (exact) mass is 515 g/mol. The smallest absolute Gasteiger partial charge is 0.393 e. The Labute approximate surface area is 202 Å². The zero-order chi connectivity index (χ0) is 25.6. The third-order valence-electron chi connectivity index (χ3n) is 7.27. The maximum Gasteiger partial charge on any atom is 0.417 e. The number of ether oxygens (including phenoxy) is 1. The number of piperidine rings is 1. The molecule has 192 valence electrons. The predicted octanol–water partition coefficient (Wildman–Crippen LogP) is 2.41. The fourth-order valence-corrected chi connectivity index (χ4v) is 6.95. The molecule has 3 atom stereocenters. The number of nitrogens with one attached hydrogen (secondary N) is 1. The van der Waals surface area contributed by atoms with Crippen LogP contribution in [0.2, 0.25) is 0 Å². The molecule has 0 unspecified atom stereocenters. The summed E-state index contributed by atoms with van der Waals surface area (Å²) in [5.41, 5.74) is -1.95. The Morgan fingerprint density at radius 2 is 1.91 bits per heavy atom. The number of carbonyl (C=O) groups is 1. The number of hydrogen-bond donors (Lipinski definition) is 2. The van der Waals surface area contributed by atoms with Crippen LogP contribution in [0.5, 0.6) is 0 Å². The van der Waals surface area contributed by atoms with Crippen LogP contribution in [-0.2, 0) is 25.5 Å². The van der Waals surface area contributed by atoms with Crippen LogP contribution in [0.15, 0.2) is 23.1 Å². The molecule has 8 nitrogen and oxygen atoms in total. The lowest BCUT2D eigenvalue weighted by molar-refractivity contribution is -0.139. The van der Waals surface area contributed by atoms with Gasteiger partial charge in [0.25, 0.3) is 0 Å². The van der Waals surface area contributed by atoms with Crippen LogP contribution in [-0.4, -0.2) is 62.6 Å². The van der Waals surface area contributed by atoms with Gasteiger partial charge in [0.1, 0.15) is 5.54 Å². The SMILES string of the molecule is CO[C@H]1C[C@@H](S(=O)(=O)c2ccc(N3CCC(O)CC3)cc2C(F)(F)F)C[C@@H]1C(=O)NC1(C#N)CC1. The molecule has 0 aromatic heterocycles. The minimum Gasteiger partial charge on any atom is -0.393 e. The van der Waals surface area contributed by atoms with Crippen molar-refractivity contribution in [2.75, 3.05) is 25.1 Å². The van der Waals surface area contributed by atoms with Crippen LogP contribution in [0.1, 0.15) is 44.1 Å². The average molecular weight is 516 g/mol. The molecule has 1 saturated heterocycles. The van der Waals surface area contributed by atoms with Gasteiger partial charge in [0, 0.05) is 25.9 Å². The molecule has 12 heteroatoms. The van der Waals surface area contributed by atoms with E-state index in [1.807, 2.05) is 6.07 Å². The van der Waals surface area contributed by atoms with Crippen LogP contribution in [0.25, 0.3) is 0 Å². The van der Waals surface area contributed by atoms with Crippen molar-refractivity contribution in [1.29, 1.82) is 5.26 Å². The van der Waals surface area contributed by atoms with Crippen molar-refractivity contribution in [3.8, 4) is 6.07 Å². The zero-order valence-electron chi connectivity index (χ0n) is 19.2. The topological polar surface area (TPSA) is 120 Å². The summed E-state index contributed by atoms with van der Waals surface area (Å²) in [7, 11) is -3.13. The van der Waals surface area contributed by atoms with E-state index in [0.717, 1.165) is 12.1 Å². The first-order chi connectivity index (χ1) is 16.4. The summed E-state index contributed by atoms with van der Waals surface area (Å²) in [6, 6.07) is 5.23. The second-order valence-corrected chi connectivity index (χ2v) is 11.8. The van der Waals surface area contributed by atoms with Crippen LogP contribution in [0.4, 0.5) is 18.9 Å². The van der Waals surface area contributed by atoms with Crippen molar-refractivity contribution in [2.24, 2.45) is 5.92 Å². The van der Waals surface area contributed by atoms with Gasteiger partial charge in [-0.15, -0.1) is 0 Å². The highest BCUT2D eigenvalue weighted by Gasteiger charge is 2.51. The van der Waals surface area contributed by atoms with E-state index in [0.29, 0.717) is 38.8 Å². The number of alkyl halides is 3. The third kappa shape index (κ3) is 5.13. The zero-order valence-corrected chi connectivity index (χ0v) is 20.0. The Bertz CT molecular complexity index is 1120. The first kappa shape index (κ1) is 25.7. The van der Waals surface area contributed by atoms with Crippen LogP contribution in [0, 0.1) is 17.2 Å². The van der Waals surface area contributed by atoms with Crippen LogP contribution in [0.3, 0.4) is 0 Å². The predicted molar refractivity (Wildman–Crippen MR) is 119 cm³/mol. The summed E-state index contributed by atoms with van der Waals surface area (Å²) >= 11 is 0. The number of aliphatic hydroxyl groups excluding tert-OH is 1. The van der Waals surface area contributed by atoms with E-state index < -0.39 is 61.3 Å². The second kappa shape index (κ2) is 9.26. The van der Waals surface area contributed by atoms with Gasteiger partial charge in [0.2, 0.25) is 5.91 Å². The van der Waals surface area contributed by atoms with Crippen molar-refractivity contribution < 1.29 is 36.2 Å². The van der Waals surface area contributed by atoms with Crippen LogP contribution >= 0.6 is 0 Å². The number of rotatable bonds is 6. The molecule has 0 bridgehead atoms. The number of halogens is 3. The molecule has 2 N–H and O–H groups in total. The summed E-state index contributed by atoms with van der Waals surface area (Å²) in [5.74, 6) is -1.41. The molecule has 1 aliphatic heterocycles. The first-order valence-electron chi connectivity index (χ1n) is 11.5. The van der Waals surface area contributed by atoms with Gasteiger partial charge in [-0.05, 0) is 56.7 Å². The molecule has 2 aliphatic carbocycles. The molecule has 3 fully saturated rings. The van der Waals surface area contributed by atoms with E-state index >= 15 is 0 Å². The third-order valence-corrected chi connectivity index (χ3v) is 9.50. The lowest BCUT2D eigenvalue weighted by Crippen LogP contribution is -2.42. The van der Waals surface area contributed by atoms with E-state index in [9.17, 15) is 36.8 Å². The molecular formula is C23H28F3N3O5S. The molecule has 35 heavy (non-hydrogen) atoms. The van der Waals surface area contributed by atoms with Crippen LogP contribution < -0.4 is 10.2 Å². The van der Waals surface area contributed by atoms with Crippen molar-refractivity contribution in [3.63, 3.8) is 0 Å². The standard InChI is InChI=1S/C23H28F3N3O5S/c1-34-19-12-16(11-17(19)21(31)28-22(13-27)6-7-22)35(32,33)20-3-2-14(10-18(20)23(24,25)26)29-8-4-15(30)5-9-29/h2-3,10,15-17,19,30H,4-9,11-12H2,1H3,(H,28,31)/t16-,17-,19-/m0/s1. The summed E-state index contributed by atoms with van der Waals surface area (Å²) < 4.78 is 74.2. The molecule has 1 aromatic carbocycles. The Kier molecular flexibility index (Phi) is 6.81. The molecular weight excluding hydrogens is 487 g/mol.